The second kappa shape index (κ2) is 10.2. The summed E-state index contributed by atoms with van der Waals surface area (Å²) >= 11 is 0. The number of hydrogen-bond donors (Lipinski definition) is 1. The lowest BCUT2D eigenvalue weighted by Gasteiger charge is -2.33. The monoisotopic (exact) mass is 411 g/mol. The van der Waals surface area contributed by atoms with E-state index in [0.29, 0.717) is 30.0 Å². The number of carbonyl (C=O) groups is 2. The van der Waals surface area contributed by atoms with Gasteiger partial charge in [-0.05, 0) is 55.5 Å². The molecule has 5 nitrogen and oxygen atoms in total. The number of nitrogens with zero attached hydrogens (tertiary/aromatic N) is 2. The Morgan fingerprint density at radius 3 is 2.57 bits per heavy atom. The average Bonchev–Trinajstić information content (AvgIpc) is 2.77. The molecule has 0 aromatic heterocycles. The zero-order valence-electron chi connectivity index (χ0n) is 17.7. The highest BCUT2D eigenvalue weighted by Gasteiger charge is 2.25. The summed E-state index contributed by atoms with van der Waals surface area (Å²) in [5, 5.41) is 2.79. The van der Waals surface area contributed by atoms with E-state index in [0.717, 1.165) is 31.5 Å². The molecule has 1 saturated heterocycles. The number of benzene rings is 2. The third-order valence-corrected chi connectivity index (χ3v) is 5.65. The molecule has 1 N–H and O–H groups in total. The lowest BCUT2D eigenvalue weighted by Crippen LogP contribution is -2.40. The van der Waals surface area contributed by atoms with E-state index in [9.17, 15) is 14.0 Å². The first-order valence-corrected chi connectivity index (χ1v) is 10.5. The number of piperidine rings is 1. The number of likely N-dealkylation sites (tertiary alicyclic amines) is 1. The highest BCUT2D eigenvalue weighted by molar-refractivity contribution is 5.94. The van der Waals surface area contributed by atoms with Crippen molar-refractivity contribution in [2.45, 2.75) is 32.2 Å². The van der Waals surface area contributed by atoms with Crippen molar-refractivity contribution in [1.82, 2.24) is 10.2 Å². The third-order valence-electron chi connectivity index (χ3n) is 5.65. The summed E-state index contributed by atoms with van der Waals surface area (Å²) in [6, 6.07) is 14.1. The summed E-state index contributed by atoms with van der Waals surface area (Å²) in [5.74, 6) is -0.0317. The number of hydrogen-bond acceptors (Lipinski definition) is 3. The molecule has 1 fully saturated rings. The van der Waals surface area contributed by atoms with Crippen LogP contribution in [-0.4, -0.2) is 43.9 Å². The second-order valence-electron chi connectivity index (χ2n) is 8.11. The zero-order chi connectivity index (χ0) is 21.5. The smallest absolute Gasteiger partial charge is 0.253 e. The molecule has 1 unspecified atom stereocenters. The maximum absolute atomic E-state index is 13.6. The molecule has 1 heterocycles. The molecule has 0 aliphatic carbocycles. The molecule has 30 heavy (non-hydrogen) atoms. The minimum Gasteiger partial charge on any atom is -0.378 e. The van der Waals surface area contributed by atoms with Crippen LogP contribution in [0.25, 0.3) is 0 Å². The minimum absolute atomic E-state index is 0.0500. The lowest BCUT2D eigenvalue weighted by atomic mass is 9.92. The van der Waals surface area contributed by atoms with E-state index in [1.54, 1.807) is 18.2 Å². The van der Waals surface area contributed by atoms with E-state index in [1.165, 1.54) is 6.07 Å². The van der Waals surface area contributed by atoms with E-state index in [1.807, 2.05) is 48.2 Å². The second-order valence-corrected chi connectivity index (χ2v) is 8.11. The molecule has 6 heteroatoms. The van der Waals surface area contributed by atoms with Crippen molar-refractivity contribution >= 4 is 17.5 Å². The maximum Gasteiger partial charge on any atom is 0.253 e. The normalized spacial score (nSPS) is 16.2. The van der Waals surface area contributed by atoms with Crippen LogP contribution in [0.4, 0.5) is 10.1 Å². The van der Waals surface area contributed by atoms with Gasteiger partial charge in [0.1, 0.15) is 5.82 Å². The van der Waals surface area contributed by atoms with Gasteiger partial charge in [-0.1, -0.05) is 18.2 Å². The molecule has 160 valence electrons. The third kappa shape index (κ3) is 5.81. The standard InChI is InChI=1S/C24H30FN3O2/c1-27(2)21-12-10-19(11-13-21)24(30)28-15-5-6-18(17-28)9-14-23(29)26-16-20-7-3-4-8-22(20)25/h3-4,7-8,10-13,18H,5-6,9,14-17H2,1-2H3,(H,26,29). The number of rotatable bonds is 7. The van der Waals surface area contributed by atoms with Gasteiger partial charge in [-0.25, -0.2) is 4.39 Å². The zero-order valence-corrected chi connectivity index (χ0v) is 17.7. The molecule has 0 radical (unpaired) electrons. The molecule has 2 amide bonds. The molecule has 0 saturated carbocycles. The molecule has 1 aliphatic rings. The quantitative estimate of drug-likeness (QED) is 0.753. The van der Waals surface area contributed by atoms with Gasteiger partial charge in [0, 0.05) is 57.0 Å². The number of amides is 2. The van der Waals surface area contributed by atoms with Crippen LogP contribution in [0.15, 0.2) is 48.5 Å². The van der Waals surface area contributed by atoms with Gasteiger partial charge in [0.15, 0.2) is 0 Å². The summed E-state index contributed by atoms with van der Waals surface area (Å²) in [6.45, 7) is 1.63. The Kier molecular flexibility index (Phi) is 7.44. The first-order valence-electron chi connectivity index (χ1n) is 10.5. The van der Waals surface area contributed by atoms with Crippen LogP contribution in [0.5, 0.6) is 0 Å². The number of halogens is 1. The van der Waals surface area contributed by atoms with Gasteiger partial charge in [0.05, 0.1) is 0 Å². The fraction of sp³-hybridized carbons (Fsp3) is 0.417. The summed E-state index contributed by atoms with van der Waals surface area (Å²) in [6.07, 6.45) is 3.08. The molecule has 0 spiro atoms. The van der Waals surface area contributed by atoms with E-state index in [4.69, 9.17) is 0 Å². The van der Waals surface area contributed by atoms with Crippen LogP contribution in [0.2, 0.25) is 0 Å². The Hall–Kier alpha value is -2.89. The first-order chi connectivity index (χ1) is 14.4. The predicted molar refractivity (Wildman–Crippen MR) is 117 cm³/mol. The van der Waals surface area contributed by atoms with Crippen LogP contribution >= 0.6 is 0 Å². The Morgan fingerprint density at radius 1 is 1.13 bits per heavy atom. The Balaban J connectivity index is 1.46. The number of nitrogens with one attached hydrogen (secondary N) is 1. The van der Waals surface area contributed by atoms with E-state index >= 15 is 0 Å². The van der Waals surface area contributed by atoms with Crippen LogP contribution in [0.3, 0.4) is 0 Å². The molecule has 2 aromatic carbocycles. The average molecular weight is 412 g/mol. The summed E-state index contributed by atoms with van der Waals surface area (Å²) in [4.78, 5) is 28.9. The van der Waals surface area contributed by atoms with E-state index < -0.39 is 0 Å². The molecule has 3 rings (SSSR count). The molecule has 0 bridgehead atoms. The van der Waals surface area contributed by atoms with Crippen molar-refractivity contribution in [3.05, 3.63) is 65.5 Å². The van der Waals surface area contributed by atoms with Crippen molar-refractivity contribution in [3.63, 3.8) is 0 Å². The highest BCUT2D eigenvalue weighted by atomic mass is 19.1. The van der Waals surface area contributed by atoms with Gasteiger partial charge < -0.3 is 15.1 Å². The van der Waals surface area contributed by atoms with Crippen molar-refractivity contribution < 1.29 is 14.0 Å². The molecule has 1 atom stereocenters. The maximum atomic E-state index is 13.6. The van der Waals surface area contributed by atoms with Gasteiger partial charge >= 0.3 is 0 Å². The Morgan fingerprint density at radius 2 is 1.87 bits per heavy atom. The molecular weight excluding hydrogens is 381 g/mol. The fourth-order valence-corrected chi connectivity index (χ4v) is 3.83. The predicted octanol–water partition coefficient (Wildman–Crippen LogP) is 3.84. The topological polar surface area (TPSA) is 52.7 Å². The fourth-order valence-electron chi connectivity index (χ4n) is 3.83. The first kappa shape index (κ1) is 21.8. The number of anilines is 1. The Bertz CT molecular complexity index is 867. The van der Waals surface area contributed by atoms with Crippen molar-refractivity contribution in [2.24, 2.45) is 5.92 Å². The van der Waals surface area contributed by atoms with Gasteiger partial charge in [-0.2, -0.15) is 0 Å². The van der Waals surface area contributed by atoms with Gasteiger partial charge in [0.25, 0.3) is 5.91 Å². The minimum atomic E-state index is -0.308. The lowest BCUT2D eigenvalue weighted by molar-refractivity contribution is -0.121. The largest absolute Gasteiger partial charge is 0.378 e. The number of carbonyl (C=O) groups excluding carboxylic acids is 2. The van der Waals surface area contributed by atoms with Crippen LogP contribution < -0.4 is 10.2 Å². The highest BCUT2D eigenvalue weighted by Crippen LogP contribution is 2.23. The molecule has 2 aromatic rings. The van der Waals surface area contributed by atoms with Gasteiger partial charge in [-0.3, -0.25) is 9.59 Å². The van der Waals surface area contributed by atoms with Crippen molar-refractivity contribution in [2.75, 3.05) is 32.1 Å². The summed E-state index contributed by atoms with van der Waals surface area (Å²) in [5.41, 5.74) is 2.24. The van der Waals surface area contributed by atoms with Crippen LogP contribution in [0, 0.1) is 11.7 Å². The molecule has 1 aliphatic heterocycles. The summed E-state index contributed by atoms with van der Waals surface area (Å²) < 4.78 is 13.6. The van der Waals surface area contributed by atoms with Crippen molar-refractivity contribution in [1.29, 1.82) is 0 Å². The van der Waals surface area contributed by atoms with E-state index in [-0.39, 0.29) is 24.2 Å². The van der Waals surface area contributed by atoms with Crippen molar-refractivity contribution in [3.8, 4) is 0 Å². The van der Waals surface area contributed by atoms with Gasteiger partial charge in [0.2, 0.25) is 5.91 Å². The van der Waals surface area contributed by atoms with Crippen LogP contribution in [0.1, 0.15) is 41.6 Å². The van der Waals surface area contributed by atoms with E-state index in [2.05, 4.69) is 5.32 Å². The SMILES string of the molecule is CN(C)c1ccc(C(=O)N2CCCC(CCC(=O)NCc3ccccc3F)C2)cc1. The molecular formula is C24H30FN3O2. The van der Waals surface area contributed by atoms with Gasteiger partial charge in [-0.15, -0.1) is 0 Å². The van der Waals surface area contributed by atoms with Crippen LogP contribution in [-0.2, 0) is 11.3 Å². The Labute approximate surface area is 177 Å². The summed E-state index contributed by atoms with van der Waals surface area (Å²) in [7, 11) is 3.94.